The van der Waals surface area contributed by atoms with E-state index in [1.54, 1.807) is 0 Å². The van der Waals surface area contributed by atoms with E-state index < -0.39 is 31.0 Å². The maximum absolute atomic E-state index is 9.97. The first-order valence-corrected chi connectivity index (χ1v) is 12.0. The largest absolute Gasteiger partial charge is 0.394 e. The van der Waals surface area contributed by atoms with E-state index in [4.69, 9.17) is 5.11 Å². The van der Waals surface area contributed by atoms with Gasteiger partial charge in [-0.05, 0) is 20.0 Å². The number of nitrogens with zero attached hydrogens (tertiary/aromatic N) is 1. The Morgan fingerprint density at radius 2 is 0.966 bits per heavy atom. The lowest BCUT2D eigenvalue weighted by Gasteiger charge is -2.28. The van der Waals surface area contributed by atoms with Gasteiger partial charge in [-0.1, -0.05) is 90.4 Å². The fourth-order valence-electron chi connectivity index (χ4n) is 3.66. The van der Waals surface area contributed by atoms with Crippen molar-refractivity contribution in [3.63, 3.8) is 0 Å². The van der Waals surface area contributed by atoms with Crippen LogP contribution in [-0.4, -0.2) is 81.6 Å². The number of hydrogen-bond donors (Lipinski definition) is 5. The van der Waals surface area contributed by atoms with Crippen molar-refractivity contribution in [1.29, 1.82) is 0 Å². The minimum absolute atomic E-state index is 0.217. The average molecular weight is 420 g/mol. The second kappa shape index (κ2) is 19.7. The molecule has 0 aliphatic heterocycles. The summed E-state index contributed by atoms with van der Waals surface area (Å²) in [7, 11) is 1.87. The topological polar surface area (TPSA) is 104 Å². The van der Waals surface area contributed by atoms with E-state index in [-0.39, 0.29) is 6.54 Å². The third kappa shape index (κ3) is 16.2. The molecule has 0 fully saturated rings. The molecule has 0 heterocycles. The number of rotatable bonds is 21. The zero-order chi connectivity index (χ0) is 21.9. The highest BCUT2D eigenvalue weighted by Gasteiger charge is 2.30. The molecule has 176 valence electrons. The van der Waals surface area contributed by atoms with Gasteiger partial charge < -0.3 is 30.4 Å². The standard InChI is InChI=1S/C23H49NO5/c1-3-4-5-6-7-8-9-10-11-12-13-14-15-16-17-24(2)18-20(26)22(28)23(29)21(27)19-25/h20-23,25-29H,3-19H2,1-2H3/t20-,21+,22+,23+/m0/s1. The molecule has 4 atom stereocenters. The van der Waals surface area contributed by atoms with Crippen molar-refractivity contribution < 1.29 is 25.5 Å². The molecular weight excluding hydrogens is 370 g/mol. The van der Waals surface area contributed by atoms with Gasteiger partial charge in [-0.15, -0.1) is 0 Å². The Labute approximate surface area is 178 Å². The Bertz CT molecular complexity index is 345. The number of unbranched alkanes of at least 4 members (excludes halogenated alkanes) is 13. The van der Waals surface area contributed by atoms with Crippen LogP contribution in [0.3, 0.4) is 0 Å². The van der Waals surface area contributed by atoms with Crippen molar-refractivity contribution >= 4 is 0 Å². The quantitative estimate of drug-likeness (QED) is 0.183. The van der Waals surface area contributed by atoms with Gasteiger partial charge in [-0.3, -0.25) is 0 Å². The van der Waals surface area contributed by atoms with E-state index in [0.717, 1.165) is 19.4 Å². The molecule has 0 aromatic carbocycles. The first-order valence-electron chi connectivity index (χ1n) is 12.0. The smallest absolute Gasteiger partial charge is 0.111 e. The number of aliphatic hydroxyl groups is 5. The normalized spacial score (nSPS) is 16.1. The van der Waals surface area contributed by atoms with E-state index in [1.165, 1.54) is 77.0 Å². The molecule has 0 saturated heterocycles. The van der Waals surface area contributed by atoms with Gasteiger partial charge in [-0.2, -0.15) is 0 Å². The molecule has 5 N–H and O–H groups in total. The van der Waals surface area contributed by atoms with Gasteiger partial charge >= 0.3 is 0 Å². The van der Waals surface area contributed by atoms with E-state index in [0.29, 0.717) is 0 Å². The molecule has 0 rings (SSSR count). The predicted octanol–water partition coefficient (Wildman–Crippen LogP) is 2.84. The monoisotopic (exact) mass is 419 g/mol. The van der Waals surface area contributed by atoms with Crippen LogP contribution in [0, 0.1) is 0 Å². The Morgan fingerprint density at radius 1 is 0.586 bits per heavy atom. The van der Waals surface area contributed by atoms with Gasteiger partial charge in [0, 0.05) is 6.54 Å². The van der Waals surface area contributed by atoms with E-state index in [2.05, 4.69) is 6.92 Å². The summed E-state index contributed by atoms with van der Waals surface area (Å²) in [5.41, 5.74) is 0. The summed E-state index contributed by atoms with van der Waals surface area (Å²) in [6.07, 6.45) is 12.8. The lowest BCUT2D eigenvalue weighted by atomic mass is 10.0. The summed E-state index contributed by atoms with van der Waals surface area (Å²) in [6, 6.07) is 0. The van der Waals surface area contributed by atoms with Gasteiger partial charge in [0.2, 0.25) is 0 Å². The highest BCUT2D eigenvalue weighted by Crippen LogP contribution is 2.13. The average Bonchev–Trinajstić information content (AvgIpc) is 2.72. The molecule has 0 spiro atoms. The van der Waals surface area contributed by atoms with Crippen LogP contribution in [0.25, 0.3) is 0 Å². The molecule has 0 saturated carbocycles. The highest BCUT2D eigenvalue weighted by atomic mass is 16.4. The van der Waals surface area contributed by atoms with Crippen molar-refractivity contribution in [2.75, 3.05) is 26.7 Å². The summed E-state index contributed by atoms with van der Waals surface area (Å²) in [5, 5.41) is 47.6. The molecule has 0 aliphatic rings. The Kier molecular flexibility index (Phi) is 19.5. The Balaban J connectivity index is 3.50. The van der Waals surface area contributed by atoms with Crippen LogP contribution < -0.4 is 0 Å². The molecule has 0 amide bonds. The van der Waals surface area contributed by atoms with Crippen LogP contribution in [-0.2, 0) is 0 Å². The molecule has 0 aromatic rings. The predicted molar refractivity (Wildman–Crippen MR) is 119 cm³/mol. The number of hydrogen-bond acceptors (Lipinski definition) is 6. The molecule has 0 unspecified atom stereocenters. The van der Waals surface area contributed by atoms with Gasteiger partial charge in [0.05, 0.1) is 12.7 Å². The fourth-order valence-corrected chi connectivity index (χ4v) is 3.66. The van der Waals surface area contributed by atoms with E-state index in [1.807, 2.05) is 11.9 Å². The van der Waals surface area contributed by atoms with Gasteiger partial charge in [0.15, 0.2) is 0 Å². The van der Waals surface area contributed by atoms with Gasteiger partial charge in [0.1, 0.15) is 18.3 Å². The van der Waals surface area contributed by atoms with Crippen LogP contribution in [0.15, 0.2) is 0 Å². The van der Waals surface area contributed by atoms with Crippen LogP contribution in [0.1, 0.15) is 96.8 Å². The van der Waals surface area contributed by atoms with Crippen LogP contribution >= 0.6 is 0 Å². The summed E-state index contributed by atoms with van der Waals surface area (Å²) in [5.74, 6) is 0. The van der Waals surface area contributed by atoms with E-state index in [9.17, 15) is 20.4 Å². The molecule has 6 nitrogen and oxygen atoms in total. The molecule has 0 bridgehead atoms. The molecule has 0 radical (unpaired) electrons. The van der Waals surface area contributed by atoms with Crippen molar-refractivity contribution in [1.82, 2.24) is 4.90 Å². The third-order valence-corrected chi connectivity index (χ3v) is 5.72. The first-order chi connectivity index (χ1) is 13.9. The molecular formula is C23H49NO5. The zero-order valence-corrected chi connectivity index (χ0v) is 19.0. The van der Waals surface area contributed by atoms with Crippen molar-refractivity contribution in [3.05, 3.63) is 0 Å². The Hall–Kier alpha value is -0.240. The molecule has 29 heavy (non-hydrogen) atoms. The first kappa shape index (κ1) is 28.8. The van der Waals surface area contributed by atoms with Gasteiger partial charge in [-0.25, -0.2) is 0 Å². The van der Waals surface area contributed by atoms with Crippen LogP contribution in [0.2, 0.25) is 0 Å². The second-order valence-corrected chi connectivity index (χ2v) is 8.66. The minimum Gasteiger partial charge on any atom is -0.394 e. The number of aliphatic hydroxyl groups excluding tert-OH is 5. The lowest BCUT2D eigenvalue weighted by molar-refractivity contribution is -0.118. The number of likely N-dealkylation sites (N-methyl/N-ethyl adjacent to an activating group) is 1. The molecule has 0 aromatic heterocycles. The minimum atomic E-state index is -1.55. The fraction of sp³-hybridized carbons (Fsp3) is 1.00. The summed E-state index contributed by atoms with van der Waals surface area (Å²) in [6.45, 7) is 2.64. The lowest BCUT2D eigenvalue weighted by Crippen LogP contribution is -2.49. The Morgan fingerprint density at radius 3 is 1.38 bits per heavy atom. The van der Waals surface area contributed by atoms with Crippen molar-refractivity contribution in [2.45, 2.75) is 121 Å². The highest BCUT2D eigenvalue weighted by molar-refractivity contribution is 4.82. The summed E-state index contributed by atoms with van der Waals surface area (Å²) < 4.78 is 0. The second-order valence-electron chi connectivity index (χ2n) is 8.66. The van der Waals surface area contributed by atoms with Crippen LogP contribution in [0.4, 0.5) is 0 Å². The van der Waals surface area contributed by atoms with Crippen molar-refractivity contribution in [3.8, 4) is 0 Å². The third-order valence-electron chi connectivity index (χ3n) is 5.72. The summed E-state index contributed by atoms with van der Waals surface area (Å²) >= 11 is 0. The molecule has 0 aliphatic carbocycles. The molecule has 6 heteroatoms. The maximum atomic E-state index is 9.97. The maximum Gasteiger partial charge on any atom is 0.111 e. The van der Waals surface area contributed by atoms with Crippen molar-refractivity contribution in [2.24, 2.45) is 0 Å². The SMILES string of the molecule is CCCCCCCCCCCCCCCCN(C)C[C@H](O)[C@@H](O)[C@H](O)[C@H](O)CO. The van der Waals surface area contributed by atoms with E-state index >= 15 is 0 Å². The van der Waals surface area contributed by atoms with Crippen LogP contribution in [0.5, 0.6) is 0 Å². The van der Waals surface area contributed by atoms with Gasteiger partial charge in [0.25, 0.3) is 0 Å². The zero-order valence-electron chi connectivity index (χ0n) is 19.0. The summed E-state index contributed by atoms with van der Waals surface area (Å²) in [4.78, 5) is 1.92.